The van der Waals surface area contributed by atoms with E-state index < -0.39 is 0 Å². The molecule has 30 heavy (non-hydrogen) atoms. The number of aromatic amines is 1. The number of rotatable bonds is 5. The van der Waals surface area contributed by atoms with E-state index in [0.717, 1.165) is 71.4 Å². The van der Waals surface area contributed by atoms with Crippen LogP contribution in [0.4, 0.5) is 0 Å². The van der Waals surface area contributed by atoms with Crippen LogP contribution in [0.3, 0.4) is 0 Å². The van der Waals surface area contributed by atoms with Crippen molar-refractivity contribution in [3.8, 4) is 5.75 Å². The molecule has 0 spiro atoms. The van der Waals surface area contributed by atoms with Gasteiger partial charge in [0.05, 0.1) is 24.7 Å². The Morgan fingerprint density at radius 2 is 1.97 bits per heavy atom. The summed E-state index contributed by atoms with van der Waals surface area (Å²) < 4.78 is 5.29. The van der Waals surface area contributed by atoms with Gasteiger partial charge < -0.3 is 9.72 Å². The van der Waals surface area contributed by atoms with Gasteiger partial charge in [0, 0.05) is 18.0 Å². The number of Topliss-reactive ketones (excluding diaryl/α,β-unsaturated/α-hetero) is 1. The maximum atomic E-state index is 13.2. The van der Waals surface area contributed by atoms with Gasteiger partial charge in [-0.1, -0.05) is 30.3 Å². The van der Waals surface area contributed by atoms with Gasteiger partial charge in [0.15, 0.2) is 5.78 Å². The molecule has 5 heteroatoms. The second-order valence-corrected chi connectivity index (χ2v) is 8.07. The largest absolute Gasteiger partial charge is 0.497 e. The Morgan fingerprint density at radius 1 is 1.13 bits per heavy atom. The number of aromatic nitrogens is 2. The number of hydrogen-bond donors (Lipinski definition) is 1. The van der Waals surface area contributed by atoms with Gasteiger partial charge in [-0.2, -0.15) is 0 Å². The van der Waals surface area contributed by atoms with Crippen LogP contribution in [0.25, 0.3) is 21.8 Å². The van der Waals surface area contributed by atoms with E-state index in [1.54, 1.807) is 7.11 Å². The monoisotopic (exact) mass is 399 g/mol. The first-order valence-corrected chi connectivity index (χ1v) is 10.5. The molecule has 1 atom stereocenters. The summed E-state index contributed by atoms with van der Waals surface area (Å²) in [7, 11) is 1.67. The number of likely N-dealkylation sites (tertiary alicyclic amines) is 1. The van der Waals surface area contributed by atoms with Crippen molar-refractivity contribution in [3.63, 3.8) is 0 Å². The number of ketones is 1. The lowest BCUT2D eigenvalue weighted by atomic mass is 9.89. The fraction of sp³-hybridized carbons (Fsp3) is 0.280. The van der Waals surface area contributed by atoms with Gasteiger partial charge >= 0.3 is 0 Å². The van der Waals surface area contributed by atoms with E-state index in [0.29, 0.717) is 0 Å². The van der Waals surface area contributed by atoms with Crippen molar-refractivity contribution >= 4 is 27.6 Å². The second kappa shape index (κ2) is 7.92. The molecule has 1 aliphatic rings. The summed E-state index contributed by atoms with van der Waals surface area (Å²) in [5, 5.41) is 2.15. The highest BCUT2D eigenvalue weighted by molar-refractivity contribution is 6.01. The molecular formula is C25H25N3O2. The topological polar surface area (TPSA) is 58.2 Å². The average Bonchev–Trinajstić information content (AvgIpc) is 3.20. The summed E-state index contributed by atoms with van der Waals surface area (Å²) in [4.78, 5) is 23.7. The number of hydrogen-bond acceptors (Lipinski definition) is 4. The number of piperidine rings is 1. The maximum absolute atomic E-state index is 13.2. The number of para-hydroxylation sites is 2. The SMILES string of the molecule is COc1ccc2cc(C(=O)[C@@H]3CCCN(Cc4nc5ccccc5[nH]4)C3)ccc2c1. The van der Waals surface area contributed by atoms with Crippen molar-refractivity contribution < 1.29 is 9.53 Å². The minimum Gasteiger partial charge on any atom is -0.497 e. The molecule has 1 aromatic heterocycles. The number of benzene rings is 3. The van der Waals surface area contributed by atoms with Gasteiger partial charge in [0.2, 0.25) is 0 Å². The zero-order chi connectivity index (χ0) is 20.5. The minimum absolute atomic E-state index is 0.0267. The lowest BCUT2D eigenvalue weighted by Crippen LogP contribution is -2.38. The molecule has 4 aromatic rings. The lowest BCUT2D eigenvalue weighted by Gasteiger charge is -2.31. The number of nitrogens with one attached hydrogen (secondary N) is 1. The van der Waals surface area contributed by atoms with Crippen molar-refractivity contribution in [2.24, 2.45) is 5.92 Å². The van der Waals surface area contributed by atoms with Crippen LogP contribution in [0, 0.1) is 5.92 Å². The highest BCUT2D eigenvalue weighted by Crippen LogP contribution is 2.26. The molecule has 0 unspecified atom stereocenters. The number of carbonyl (C=O) groups is 1. The lowest BCUT2D eigenvalue weighted by molar-refractivity contribution is 0.0809. The molecule has 0 aliphatic carbocycles. The third-order valence-corrected chi connectivity index (χ3v) is 6.02. The van der Waals surface area contributed by atoms with E-state index in [1.165, 1.54) is 0 Å². The molecule has 1 fully saturated rings. The summed E-state index contributed by atoms with van der Waals surface area (Å²) >= 11 is 0. The number of nitrogens with zero attached hydrogens (tertiary/aromatic N) is 2. The van der Waals surface area contributed by atoms with Crippen LogP contribution >= 0.6 is 0 Å². The summed E-state index contributed by atoms with van der Waals surface area (Å²) in [5.74, 6) is 2.06. The molecule has 5 nitrogen and oxygen atoms in total. The van der Waals surface area contributed by atoms with Gasteiger partial charge in [0.1, 0.15) is 11.6 Å². The zero-order valence-corrected chi connectivity index (χ0v) is 17.1. The quantitative estimate of drug-likeness (QED) is 0.489. The summed E-state index contributed by atoms with van der Waals surface area (Å²) in [6.45, 7) is 2.52. The number of imidazole rings is 1. The fourth-order valence-corrected chi connectivity index (χ4v) is 4.45. The zero-order valence-electron chi connectivity index (χ0n) is 17.1. The van der Waals surface area contributed by atoms with E-state index in [4.69, 9.17) is 9.72 Å². The molecule has 1 saturated heterocycles. The molecule has 5 rings (SSSR count). The van der Waals surface area contributed by atoms with Crippen molar-refractivity contribution in [1.82, 2.24) is 14.9 Å². The van der Waals surface area contributed by atoms with Gasteiger partial charge in [-0.05, 0) is 60.5 Å². The van der Waals surface area contributed by atoms with Crippen molar-refractivity contribution in [2.45, 2.75) is 19.4 Å². The Kier molecular flexibility index (Phi) is 4.97. The molecule has 0 amide bonds. The van der Waals surface area contributed by atoms with E-state index in [-0.39, 0.29) is 11.7 Å². The first-order valence-electron chi connectivity index (χ1n) is 10.5. The molecule has 0 radical (unpaired) electrons. The van der Waals surface area contributed by atoms with E-state index in [9.17, 15) is 4.79 Å². The normalized spacial score (nSPS) is 17.4. The van der Waals surface area contributed by atoms with E-state index >= 15 is 0 Å². The number of methoxy groups -OCH3 is 1. The van der Waals surface area contributed by atoms with Gasteiger partial charge in [-0.25, -0.2) is 4.98 Å². The summed E-state index contributed by atoms with van der Waals surface area (Å²) in [5.41, 5.74) is 2.85. The van der Waals surface area contributed by atoms with Crippen LogP contribution in [0.5, 0.6) is 5.75 Å². The smallest absolute Gasteiger partial charge is 0.167 e. The number of H-pyrrole nitrogens is 1. The summed E-state index contributed by atoms with van der Waals surface area (Å²) in [6, 6.07) is 20.0. The maximum Gasteiger partial charge on any atom is 0.167 e. The van der Waals surface area contributed by atoms with E-state index in [1.807, 2.05) is 60.7 Å². The van der Waals surface area contributed by atoms with Crippen LogP contribution in [-0.2, 0) is 6.54 Å². The molecule has 152 valence electrons. The minimum atomic E-state index is 0.0267. The standard InChI is InChI=1S/C25H25N3O2/c1-30-21-11-10-17-13-19(9-8-18(17)14-21)25(29)20-5-4-12-28(15-20)16-24-26-22-6-2-3-7-23(22)27-24/h2-3,6-11,13-14,20H,4-5,12,15-16H2,1H3,(H,26,27)/t20-/m1/s1. The predicted molar refractivity (Wildman–Crippen MR) is 119 cm³/mol. The summed E-state index contributed by atoms with van der Waals surface area (Å²) in [6.07, 6.45) is 1.97. The highest BCUT2D eigenvalue weighted by atomic mass is 16.5. The third kappa shape index (κ3) is 3.68. The molecule has 0 bridgehead atoms. The van der Waals surface area contributed by atoms with Crippen molar-refractivity contribution in [3.05, 3.63) is 72.1 Å². The van der Waals surface area contributed by atoms with Crippen molar-refractivity contribution in [1.29, 1.82) is 0 Å². The van der Waals surface area contributed by atoms with E-state index in [2.05, 4.69) is 9.88 Å². The Balaban J connectivity index is 1.31. The number of ether oxygens (including phenoxy) is 1. The molecule has 3 aromatic carbocycles. The van der Waals surface area contributed by atoms with Gasteiger partial charge in [0.25, 0.3) is 0 Å². The number of fused-ring (bicyclic) bond motifs is 2. The number of carbonyl (C=O) groups excluding carboxylic acids is 1. The highest BCUT2D eigenvalue weighted by Gasteiger charge is 2.27. The van der Waals surface area contributed by atoms with Crippen molar-refractivity contribution in [2.75, 3.05) is 20.2 Å². The van der Waals surface area contributed by atoms with Crippen LogP contribution < -0.4 is 4.74 Å². The third-order valence-electron chi connectivity index (χ3n) is 6.02. The van der Waals surface area contributed by atoms with Gasteiger partial charge in [-0.15, -0.1) is 0 Å². The first-order chi connectivity index (χ1) is 14.7. The molecular weight excluding hydrogens is 374 g/mol. The fourth-order valence-electron chi connectivity index (χ4n) is 4.45. The average molecular weight is 399 g/mol. The first kappa shape index (κ1) is 18.8. The Hall–Kier alpha value is -3.18. The molecule has 0 saturated carbocycles. The molecule has 2 heterocycles. The van der Waals surface area contributed by atoms with Crippen LogP contribution in [0.2, 0.25) is 0 Å². The van der Waals surface area contributed by atoms with Gasteiger partial charge in [-0.3, -0.25) is 9.69 Å². The molecule has 1 aliphatic heterocycles. The Bertz CT molecular complexity index is 1180. The van der Waals surface area contributed by atoms with Crippen LogP contribution in [0.15, 0.2) is 60.7 Å². The molecule has 1 N–H and O–H groups in total. The van der Waals surface area contributed by atoms with Crippen LogP contribution in [0.1, 0.15) is 29.0 Å². The second-order valence-electron chi connectivity index (χ2n) is 8.07. The Labute approximate surface area is 175 Å². The Morgan fingerprint density at radius 3 is 2.83 bits per heavy atom. The predicted octanol–water partition coefficient (Wildman–Crippen LogP) is 4.82. The van der Waals surface area contributed by atoms with Crippen LogP contribution in [-0.4, -0.2) is 40.9 Å².